The van der Waals surface area contributed by atoms with Crippen LogP contribution in [0.4, 0.5) is 5.82 Å². The summed E-state index contributed by atoms with van der Waals surface area (Å²) in [4.78, 5) is 26.0. The Labute approximate surface area is 164 Å². The van der Waals surface area contributed by atoms with Gasteiger partial charge in [0.05, 0.1) is 10.2 Å². The molecule has 2 aliphatic rings. The van der Waals surface area contributed by atoms with Gasteiger partial charge in [0.1, 0.15) is 18.8 Å². The predicted molar refractivity (Wildman–Crippen MR) is 108 cm³/mol. The van der Waals surface area contributed by atoms with Crippen molar-refractivity contribution in [2.75, 3.05) is 38.3 Å². The van der Waals surface area contributed by atoms with Crippen LogP contribution in [-0.2, 0) is 9.53 Å². The Morgan fingerprint density at radius 3 is 2.85 bits per heavy atom. The zero-order valence-electron chi connectivity index (χ0n) is 16.0. The summed E-state index contributed by atoms with van der Waals surface area (Å²) in [5, 5.41) is 2.08. The van der Waals surface area contributed by atoms with Crippen molar-refractivity contribution in [2.24, 2.45) is 5.92 Å². The van der Waals surface area contributed by atoms with Gasteiger partial charge in [0.15, 0.2) is 0 Å². The number of methoxy groups -OCH3 is 1. The van der Waals surface area contributed by atoms with E-state index in [0.717, 1.165) is 56.7 Å². The Morgan fingerprint density at radius 2 is 2.04 bits per heavy atom. The van der Waals surface area contributed by atoms with Gasteiger partial charge >= 0.3 is 0 Å². The Balaban J connectivity index is 1.45. The molecule has 2 saturated heterocycles. The summed E-state index contributed by atoms with van der Waals surface area (Å²) in [7, 11) is 1.61. The fraction of sp³-hybridized carbons (Fsp3) is 0.650. The maximum Gasteiger partial charge on any atom is 0.248 e. The first-order valence-corrected chi connectivity index (χ1v) is 10.9. The van der Waals surface area contributed by atoms with Crippen LogP contribution in [0.1, 0.15) is 38.5 Å². The molecule has 0 saturated carbocycles. The fourth-order valence-electron chi connectivity index (χ4n) is 4.64. The number of fused-ring (bicyclic) bond motifs is 1. The van der Waals surface area contributed by atoms with Gasteiger partial charge in [0, 0.05) is 32.8 Å². The molecule has 7 heteroatoms. The largest absolute Gasteiger partial charge is 0.375 e. The third-order valence-corrected chi connectivity index (χ3v) is 6.89. The lowest BCUT2D eigenvalue weighted by molar-refractivity contribution is -0.138. The highest BCUT2D eigenvalue weighted by Gasteiger charge is 2.34. The summed E-state index contributed by atoms with van der Waals surface area (Å²) >= 11 is 1.72. The van der Waals surface area contributed by atoms with E-state index < -0.39 is 0 Å². The number of thiophene rings is 1. The van der Waals surface area contributed by atoms with Crippen LogP contribution in [0.15, 0.2) is 17.8 Å². The van der Waals surface area contributed by atoms with E-state index in [1.54, 1.807) is 24.8 Å². The summed E-state index contributed by atoms with van der Waals surface area (Å²) in [6, 6.07) is 2.42. The van der Waals surface area contributed by atoms with E-state index in [0.29, 0.717) is 12.0 Å². The molecule has 0 aliphatic carbocycles. The second-order valence-corrected chi connectivity index (χ2v) is 8.51. The summed E-state index contributed by atoms with van der Waals surface area (Å²) in [6.45, 7) is 3.08. The lowest BCUT2D eigenvalue weighted by Gasteiger charge is -2.41. The Bertz CT molecular complexity index is 772. The summed E-state index contributed by atoms with van der Waals surface area (Å²) in [5.41, 5.74) is 1.03. The maximum absolute atomic E-state index is 12.6. The highest BCUT2D eigenvalue weighted by Crippen LogP contribution is 2.34. The zero-order valence-corrected chi connectivity index (χ0v) is 16.8. The number of carbonyl (C=O) groups excluding carboxylic acids is 1. The molecule has 0 N–H and O–H groups in total. The standard InChI is InChI=1S/C20H28N4O2S/c1-26-13-18(25)24-9-4-2-3-5-17(24)15-6-10-23(11-7-15)20-19-16(8-12-27-19)21-14-22-20/h8,12,14-15,17H,2-7,9-11,13H2,1H3. The number of aromatic nitrogens is 2. The van der Waals surface area contributed by atoms with Gasteiger partial charge in [-0.25, -0.2) is 9.97 Å². The van der Waals surface area contributed by atoms with Crippen molar-refractivity contribution in [3.8, 4) is 0 Å². The maximum atomic E-state index is 12.6. The molecule has 1 atom stereocenters. The van der Waals surface area contributed by atoms with Gasteiger partial charge in [0.25, 0.3) is 0 Å². The van der Waals surface area contributed by atoms with Crippen LogP contribution in [-0.4, -0.2) is 60.2 Å². The molecule has 1 amide bonds. The minimum atomic E-state index is 0.155. The predicted octanol–water partition coefficient (Wildman–Crippen LogP) is 3.33. The number of hydrogen-bond donors (Lipinski definition) is 0. The van der Waals surface area contributed by atoms with Crippen molar-refractivity contribution < 1.29 is 9.53 Å². The molecule has 2 aromatic rings. The Hall–Kier alpha value is -1.73. The molecule has 0 bridgehead atoms. The van der Waals surface area contributed by atoms with Gasteiger partial charge < -0.3 is 14.5 Å². The van der Waals surface area contributed by atoms with E-state index in [4.69, 9.17) is 4.74 Å². The molecule has 146 valence electrons. The van der Waals surface area contributed by atoms with E-state index in [1.807, 2.05) is 0 Å². The number of hydrogen-bond acceptors (Lipinski definition) is 6. The molecular weight excluding hydrogens is 360 g/mol. The highest BCUT2D eigenvalue weighted by atomic mass is 32.1. The molecule has 0 radical (unpaired) electrons. The third-order valence-electron chi connectivity index (χ3n) is 6.00. The number of carbonyl (C=O) groups is 1. The molecule has 2 aromatic heterocycles. The quantitative estimate of drug-likeness (QED) is 0.804. The molecule has 27 heavy (non-hydrogen) atoms. The normalized spacial score (nSPS) is 22.2. The van der Waals surface area contributed by atoms with E-state index in [2.05, 4.69) is 31.2 Å². The SMILES string of the molecule is COCC(=O)N1CCCCCC1C1CCN(c2ncnc3ccsc23)CC1. The van der Waals surface area contributed by atoms with Crippen LogP contribution >= 0.6 is 11.3 Å². The first kappa shape index (κ1) is 18.6. The first-order chi connectivity index (χ1) is 13.3. The molecule has 0 spiro atoms. The Kier molecular flexibility index (Phi) is 5.88. The summed E-state index contributed by atoms with van der Waals surface area (Å²) < 4.78 is 6.31. The van der Waals surface area contributed by atoms with Crippen molar-refractivity contribution in [3.63, 3.8) is 0 Å². The van der Waals surface area contributed by atoms with Crippen LogP contribution in [0.3, 0.4) is 0 Å². The fourth-order valence-corrected chi connectivity index (χ4v) is 5.50. The second kappa shape index (κ2) is 8.52. The van der Waals surface area contributed by atoms with Crippen molar-refractivity contribution in [3.05, 3.63) is 17.8 Å². The third kappa shape index (κ3) is 3.94. The molecule has 2 aliphatic heterocycles. The van der Waals surface area contributed by atoms with Crippen LogP contribution in [0.5, 0.6) is 0 Å². The van der Waals surface area contributed by atoms with E-state index >= 15 is 0 Å². The van der Waals surface area contributed by atoms with Crippen LogP contribution in [0.25, 0.3) is 10.2 Å². The summed E-state index contributed by atoms with van der Waals surface area (Å²) in [6.07, 6.45) is 8.58. The highest BCUT2D eigenvalue weighted by molar-refractivity contribution is 7.17. The second-order valence-electron chi connectivity index (χ2n) is 7.59. The average molecular weight is 389 g/mol. The Morgan fingerprint density at radius 1 is 1.19 bits per heavy atom. The van der Waals surface area contributed by atoms with E-state index in [9.17, 15) is 4.79 Å². The lowest BCUT2D eigenvalue weighted by atomic mass is 9.86. The van der Waals surface area contributed by atoms with E-state index in [-0.39, 0.29) is 12.5 Å². The van der Waals surface area contributed by atoms with Gasteiger partial charge in [-0.15, -0.1) is 11.3 Å². The van der Waals surface area contributed by atoms with Crippen molar-refractivity contribution >= 4 is 33.3 Å². The van der Waals surface area contributed by atoms with Gasteiger partial charge in [-0.05, 0) is 43.0 Å². The first-order valence-electron chi connectivity index (χ1n) is 9.99. The minimum absolute atomic E-state index is 0.155. The smallest absolute Gasteiger partial charge is 0.248 e. The van der Waals surface area contributed by atoms with Gasteiger partial charge in [-0.2, -0.15) is 0 Å². The van der Waals surface area contributed by atoms with Gasteiger partial charge in [-0.3, -0.25) is 4.79 Å². The van der Waals surface area contributed by atoms with Crippen LogP contribution in [0, 0.1) is 5.92 Å². The molecule has 4 rings (SSSR count). The molecule has 6 nitrogen and oxygen atoms in total. The van der Waals surface area contributed by atoms with Crippen molar-refractivity contribution in [1.82, 2.24) is 14.9 Å². The number of rotatable bonds is 4. The number of nitrogens with zero attached hydrogens (tertiary/aromatic N) is 4. The van der Waals surface area contributed by atoms with Crippen LogP contribution in [0.2, 0.25) is 0 Å². The molecule has 2 fully saturated rings. The van der Waals surface area contributed by atoms with Gasteiger partial charge in [0.2, 0.25) is 5.91 Å². The topological polar surface area (TPSA) is 58.6 Å². The van der Waals surface area contributed by atoms with Crippen molar-refractivity contribution in [2.45, 2.75) is 44.6 Å². The monoisotopic (exact) mass is 388 g/mol. The molecule has 1 unspecified atom stereocenters. The number of amides is 1. The summed E-state index contributed by atoms with van der Waals surface area (Å²) in [5.74, 6) is 1.80. The number of likely N-dealkylation sites (tertiary alicyclic amines) is 1. The molecule has 4 heterocycles. The zero-order chi connectivity index (χ0) is 18.6. The van der Waals surface area contributed by atoms with Gasteiger partial charge in [-0.1, -0.05) is 12.8 Å². The molecule has 0 aromatic carbocycles. The average Bonchev–Trinajstić information content (AvgIpc) is 3.04. The molecular formula is C20H28N4O2S. The number of anilines is 1. The minimum Gasteiger partial charge on any atom is -0.375 e. The number of ether oxygens (including phenoxy) is 1. The lowest BCUT2D eigenvalue weighted by Crippen LogP contribution is -2.49. The van der Waals surface area contributed by atoms with Crippen molar-refractivity contribution in [1.29, 1.82) is 0 Å². The van der Waals surface area contributed by atoms with Crippen LogP contribution < -0.4 is 4.90 Å². The van der Waals surface area contributed by atoms with E-state index in [1.165, 1.54) is 17.5 Å². The number of piperidine rings is 1.